The summed E-state index contributed by atoms with van der Waals surface area (Å²) >= 11 is 5.65. The number of benzene rings is 1. The first-order chi connectivity index (χ1) is 7.54. The number of hydrogen-bond donors (Lipinski definition) is 0. The first-order valence-corrected chi connectivity index (χ1v) is 5.10. The van der Waals surface area contributed by atoms with E-state index in [9.17, 15) is 9.18 Å². The summed E-state index contributed by atoms with van der Waals surface area (Å²) in [5.74, 6) is -0.800. The van der Waals surface area contributed by atoms with Gasteiger partial charge in [0.1, 0.15) is 5.82 Å². The topological polar surface area (TPSA) is 29.5 Å². The minimum atomic E-state index is -0.444. The van der Waals surface area contributed by atoms with Crippen LogP contribution in [-0.4, -0.2) is 31.6 Å². The molecule has 0 atom stereocenters. The van der Waals surface area contributed by atoms with Crippen LogP contribution in [-0.2, 0) is 16.1 Å². The molecule has 1 rings (SSSR count). The van der Waals surface area contributed by atoms with Crippen LogP contribution >= 0.6 is 11.6 Å². The van der Waals surface area contributed by atoms with Gasteiger partial charge >= 0.3 is 5.97 Å². The Morgan fingerprint density at radius 3 is 2.88 bits per heavy atom. The second kappa shape index (κ2) is 5.82. The fourth-order valence-electron chi connectivity index (χ4n) is 1.30. The average molecular weight is 246 g/mol. The number of hydrogen-bond acceptors (Lipinski definition) is 3. The first-order valence-electron chi connectivity index (χ1n) is 4.73. The Morgan fingerprint density at radius 2 is 2.25 bits per heavy atom. The van der Waals surface area contributed by atoms with Crippen LogP contribution in [0.2, 0.25) is 5.02 Å². The van der Waals surface area contributed by atoms with E-state index in [0.29, 0.717) is 12.1 Å². The lowest BCUT2D eigenvalue weighted by Gasteiger charge is -2.15. The van der Waals surface area contributed by atoms with Crippen LogP contribution in [0.15, 0.2) is 18.2 Å². The van der Waals surface area contributed by atoms with E-state index in [4.69, 9.17) is 11.6 Å². The Hall–Kier alpha value is -1.13. The van der Waals surface area contributed by atoms with Crippen molar-refractivity contribution in [1.29, 1.82) is 0 Å². The quantitative estimate of drug-likeness (QED) is 0.761. The molecule has 0 heterocycles. The summed E-state index contributed by atoms with van der Waals surface area (Å²) < 4.78 is 18.0. The zero-order valence-electron chi connectivity index (χ0n) is 9.17. The molecular formula is C11H13ClFNO2. The molecule has 0 N–H and O–H groups in total. The van der Waals surface area contributed by atoms with Gasteiger partial charge in [-0.3, -0.25) is 9.69 Å². The molecule has 3 nitrogen and oxygen atoms in total. The average Bonchev–Trinajstić information content (AvgIpc) is 2.24. The highest BCUT2D eigenvalue weighted by Gasteiger charge is 2.11. The lowest BCUT2D eigenvalue weighted by Crippen LogP contribution is -2.26. The van der Waals surface area contributed by atoms with Crippen LogP contribution in [0.25, 0.3) is 0 Å². The number of carbonyl (C=O) groups excluding carboxylic acids is 1. The molecule has 0 spiro atoms. The third kappa shape index (κ3) is 3.47. The SMILES string of the molecule is COC(=O)CN(C)Cc1cccc(Cl)c1F. The van der Waals surface area contributed by atoms with E-state index in [1.54, 1.807) is 24.1 Å². The molecule has 88 valence electrons. The number of halogens is 2. The van der Waals surface area contributed by atoms with Gasteiger partial charge < -0.3 is 4.74 Å². The van der Waals surface area contributed by atoms with Crippen LogP contribution in [0.3, 0.4) is 0 Å². The minimum Gasteiger partial charge on any atom is -0.468 e. The number of likely N-dealkylation sites (N-methyl/N-ethyl adjacent to an activating group) is 1. The van der Waals surface area contributed by atoms with Crippen molar-refractivity contribution in [2.24, 2.45) is 0 Å². The van der Waals surface area contributed by atoms with Gasteiger partial charge in [-0.25, -0.2) is 4.39 Å². The van der Waals surface area contributed by atoms with Crippen molar-refractivity contribution < 1.29 is 13.9 Å². The highest BCUT2D eigenvalue weighted by molar-refractivity contribution is 6.30. The molecule has 0 aromatic heterocycles. The van der Waals surface area contributed by atoms with Crippen LogP contribution in [0.4, 0.5) is 4.39 Å². The first kappa shape index (κ1) is 12.9. The summed E-state index contributed by atoms with van der Waals surface area (Å²) in [5, 5.41) is 0.0870. The van der Waals surface area contributed by atoms with Gasteiger partial charge in [0, 0.05) is 12.1 Å². The second-order valence-electron chi connectivity index (χ2n) is 3.46. The van der Waals surface area contributed by atoms with Gasteiger partial charge in [-0.2, -0.15) is 0 Å². The van der Waals surface area contributed by atoms with Crippen molar-refractivity contribution in [3.8, 4) is 0 Å². The number of ether oxygens (including phenoxy) is 1. The molecule has 16 heavy (non-hydrogen) atoms. The Labute approximate surface area is 98.8 Å². The summed E-state index contributed by atoms with van der Waals surface area (Å²) in [5.41, 5.74) is 0.457. The van der Waals surface area contributed by atoms with Crippen LogP contribution in [0.5, 0.6) is 0 Å². The zero-order chi connectivity index (χ0) is 12.1. The molecular weight excluding hydrogens is 233 g/mol. The highest BCUT2D eigenvalue weighted by atomic mass is 35.5. The van der Waals surface area contributed by atoms with Crippen LogP contribution < -0.4 is 0 Å². The Bertz CT molecular complexity index is 384. The van der Waals surface area contributed by atoms with Gasteiger partial charge in [0.05, 0.1) is 18.7 Å². The van der Waals surface area contributed by atoms with Crippen molar-refractivity contribution in [1.82, 2.24) is 4.90 Å². The molecule has 0 saturated carbocycles. The Morgan fingerprint density at radius 1 is 1.56 bits per heavy atom. The van der Waals surface area contributed by atoms with Crippen molar-refractivity contribution in [2.45, 2.75) is 6.54 Å². The van der Waals surface area contributed by atoms with Crippen molar-refractivity contribution in [2.75, 3.05) is 20.7 Å². The molecule has 0 unspecified atom stereocenters. The third-order valence-corrected chi connectivity index (χ3v) is 2.39. The van der Waals surface area contributed by atoms with Gasteiger partial charge in [-0.15, -0.1) is 0 Å². The smallest absolute Gasteiger partial charge is 0.319 e. The summed E-state index contributed by atoms with van der Waals surface area (Å²) in [7, 11) is 3.02. The standard InChI is InChI=1S/C11H13ClFNO2/c1-14(7-10(15)16-2)6-8-4-3-5-9(12)11(8)13/h3-5H,6-7H2,1-2H3. The Kier molecular flexibility index (Phi) is 4.71. The van der Waals surface area contributed by atoms with Crippen molar-refractivity contribution >= 4 is 17.6 Å². The maximum absolute atomic E-state index is 13.5. The number of rotatable bonds is 4. The number of carbonyl (C=O) groups is 1. The summed E-state index contributed by atoms with van der Waals surface area (Å²) in [6.45, 7) is 0.421. The predicted molar refractivity (Wildman–Crippen MR) is 59.8 cm³/mol. The Balaban J connectivity index is 2.66. The lowest BCUT2D eigenvalue weighted by atomic mass is 10.2. The van der Waals surface area contributed by atoms with E-state index in [-0.39, 0.29) is 17.5 Å². The van der Waals surface area contributed by atoms with Gasteiger partial charge in [0.2, 0.25) is 0 Å². The van der Waals surface area contributed by atoms with E-state index in [1.165, 1.54) is 13.2 Å². The molecule has 0 aliphatic heterocycles. The summed E-state index contributed by atoms with van der Waals surface area (Å²) in [6.07, 6.45) is 0. The minimum absolute atomic E-state index is 0.0870. The molecule has 0 aliphatic carbocycles. The molecule has 0 radical (unpaired) electrons. The molecule has 5 heteroatoms. The van der Waals surface area contributed by atoms with E-state index in [1.807, 2.05) is 0 Å². The summed E-state index contributed by atoms with van der Waals surface area (Å²) in [4.78, 5) is 12.6. The van der Waals surface area contributed by atoms with E-state index in [2.05, 4.69) is 4.74 Å². The molecule has 0 fully saturated rings. The van der Waals surface area contributed by atoms with Crippen molar-refractivity contribution in [3.63, 3.8) is 0 Å². The zero-order valence-corrected chi connectivity index (χ0v) is 9.92. The molecule has 0 amide bonds. The van der Waals surface area contributed by atoms with Crippen molar-refractivity contribution in [3.05, 3.63) is 34.6 Å². The molecule has 0 saturated heterocycles. The fourth-order valence-corrected chi connectivity index (χ4v) is 1.50. The molecule has 0 bridgehead atoms. The molecule has 0 aliphatic rings. The third-order valence-electron chi connectivity index (χ3n) is 2.10. The number of nitrogens with zero attached hydrogens (tertiary/aromatic N) is 1. The molecule has 1 aromatic rings. The highest BCUT2D eigenvalue weighted by Crippen LogP contribution is 2.18. The monoisotopic (exact) mass is 245 g/mol. The second-order valence-corrected chi connectivity index (χ2v) is 3.87. The van der Waals surface area contributed by atoms with Gasteiger partial charge in [-0.1, -0.05) is 23.7 Å². The predicted octanol–water partition coefficient (Wildman–Crippen LogP) is 2.08. The van der Waals surface area contributed by atoms with Crippen LogP contribution in [0.1, 0.15) is 5.56 Å². The van der Waals surface area contributed by atoms with Gasteiger partial charge in [0.25, 0.3) is 0 Å². The maximum Gasteiger partial charge on any atom is 0.319 e. The lowest BCUT2D eigenvalue weighted by molar-refractivity contribution is -0.141. The van der Waals surface area contributed by atoms with Gasteiger partial charge in [-0.05, 0) is 13.1 Å². The summed E-state index contributed by atoms with van der Waals surface area (Å²) in [6, 6.07) is 4.79. The van der Waals surface area contributed by atoms with E-state index >= 15 is 0 Å². The molecule has 1 aromatic carbocycles. The largest absolute Gasteiger partial charge is 0.468 e. The number of methoxy groups -OCH3 is 1. The maximum atomic E-state index is 13.5. The number of esters is 1. The van der Waals surface area contributed by atoms with Gasteiger partial charge in [0.15, 0.2) is 0 Å². The van der Waals surface area contributed by atoms with E-state index in [0.717, 1.165) is 0 Å². The van der Waals surface area contributed by atoms with E-state index < -0.39 is 5.82 Å². The normalized spacial score (nSPS) is 10.6. The van der Waals surface area contributed by atoms with Crippen LogP contribution in [0, 0.1) is 5.82 Å². The fraction of sp³-hybridized carbons (Fsp3) is 0.364.